The zero-order valence-electron chi connectivity index (χ0n) is 14.8. The Labute approximate surface area is 146 Å². The van der Waals surface area contributed by atoms with Crippen molar-refractivity contribution in [1.29, 1.82) is 0 Å². The average Bonchev–Trinajstić information content (AvgIpc) is 2.92. The Morgan fingerprint density at radius 3 is 2.80 bits per heavy atom. The summed E-state index contributed by atoms with van der Waals surface area (Å²) in [5.74, 6) is -0.0140. The smallest absolute Gasteiger partial charge is 0.251 e. The van der Waals surface area contributed by atoms with E-state index in [2.05, 4.69) is 47.9 Å². The molecule has 0 saturated carbocycles. The van der Waals surface area contributed by atoms with E-state index in [-0.39, 0.29) is 5.91 Å². The lowest BCUT2D eigenvalue weighted by atomic mass is 10.0. The summed E-state index contributed by atoms with van der Waals surface area (Å²) in [6, 6.07) is 10.2. The van der Waals surface area contributed by atoms with E-state index in [0.717, 1.165) is 22.7 Å². The summed E-state index contributed by atoms with van der Waals surface area (Å²) in [6.45, 7) is 4.90. The van der Waals surface area contributed by atoms with Crippen molar-refractivity contribution in [1.82, 2.24) is 14.9 Å². The summed E-state index contributed by atoms with van der Waals surface area (Å²) in [5, 5.41) is 7.57. The van der Waals surface area contributed by atoms with E-state index in [0.29, 0.717) is 12.1 Å². The Morgan fingerprint density at radius 1 is 1.16 bits per heavy atom. The van der Waals surface area contributed by atoms with Crippen molar-refractivity contribution in [2.24, 2.45) is 7.05 Å². The number of pyridine rings is 1. The van der Waals surface area contributed by atoms with Crippen LogP contribution >= 0.6 is 0 Å². The molecule has 2 aromatic heterocycles. The molecule has 4 aromatic rings. The van der Waals surface area contributed by atoms with Crippen LogP contribution in [-0.4, -0.2) is 22.0 Å². The number of aryl methyl sites for hydroxylation is 2. The lowest BCUT2D eigenvalue weighted by molar-refractivity contribution is 0.0954. The third-order valence-electron chi connectivity index (χ3n) is 4.95. The number of hydrogen-bond acceptors (Lipinski definition) is 2. The van der Waals surface area contributed by atoms with E-state index in [1.165, 1.54) is 21.9 Å². The van der Waals surface area contributed by atoms with Crippen LogP contribution < -0.4 is 5.32 Å². The maximum Gasteiger partial charge on any atom is 0.251 e. The molecule has 0 radical (unpaired) electrons. The quantitative estimate of drug-likeness (QED) is 0.607. The molecular formula is C21H21N3O. The molecule has 0 aliphatic carbocycles. The molecule has 0 unspecified atom stereocenters. The number of hydrogen-bond donors (Lipinski definition) is 1. The topological polar surface area (TPSA) is 46.9 Å². The van der Waals surface area contributed by atoms with Gasteiger partial charge in [-0.2, -0.15) is 0 Å². The highest BCUT2D eigenvalue weighted by molar-refractivity contribution is 6.15. The van der Waals surface area contributed by atoms with Crippen LogP contribution in [0.3, 0.4) is 0 Å². The predicted octanol–water partition coefficient (Wildman–Crippen LogP) is 4.33. The average molecular weight is 331 g/mol. The third-order valence-corrected chi connectivity index (χ3v) is 4.95. The number of nitrogens with one attached hydrogen (secondary N) is 1. The molecule has 0 atom stereocenters. The van der Waals surface area contributed by atoms with Gasteiger partial charge in [-0.15, -0.1) is 0 Å². The molecule has 4 rings (SSSR count). The first-order valence-corrected chi connectivity index (χ1v) is 8.65. The lowest BCUT2D eigenvalue weighted by Crippen LogP contribution is -2.23. The van der Waals surface area contributed by atoms with E-state index in [4.69, 9.17) is 0 Å². The molecule has 4 heteroatoms. The van der Waals surface area contributed by atoms with Crippen molar-refractivity contribution in [3.63, 3.8) is 0 Å². The van der Waals surface area contributed by atoms with Crippen LogP contribution in [0.5, 0.6) is 0 Å². The van der Waals surface area contributed by atoms with Crippen molar-refractivity contribution in [3.8, 4) is 0 Å². The Kier molecular flexibility index (Phi) is 3.68. The largest absolute Gasteiger partial charge is 0.352 e. The van der Waals surface area contributed by atoms with Crippen molar-refractivity contribution in [3.05, 3.63) is 53.9 Å². The molecule has 0 fully saturated rings. The second-order valence-electron chi connectivity index (χ2n) is 6.54. The summed E-state index contributed by atoms with van der Waals surface area (Å²) in [4.78, 5) is 16.6. The predicted molar refractivity (Wildman–Crippen MR) is 103 cm³/mol. The summed E-state index contributed by atoms with van der Waals surface area (Å²) in [6.07, 6.45) is 4.67. The fraction of sp³-hybridized carbons (Fsp3) is 0.238. The van der Waals surface area contributed by atoms with Crippen molar-refractivity contribution >= 4 is 38.5 Å². The molecule has 1 N–H and O–H groups in total. The fourth-order valence-electron chi connectivity index (χ4n) is 3.70. The van der Waals surface area contributed by atoms with Crippen LogP contribution in [0.4, 0.5) is 0 Å². The minimum Gasteiger partial charge on any atom is -0.352 e. The number of nitrogens with zero attached hydrogens (tertiary/aromatic N) is 2. The van der Waals surface area contributed by atoms with Gasteiger partial charge in [-0.05, 0) is 54.6 Å². The first-order valence-electron chi connectivity index (χ1n) is 8.65. The number of aromatic nitrogens is 2. The molecule has 0 bridgehead atoms. The Bertz CT molecular complexity index is 1120. The van der Waals surface area contributed by atoms with Gasteiger partial charge in [0.1, 0.15) is 0 Å². The SMILES string of the molecule is CCCNC(=O)c1ccc2c(c1)c1cc3cnccc3c(C)c1n2C. The minimum absolute atomic E-state index is 0.0140. The first-order chi connectivity index (χ1) is 12.1. The number of amides is 1. The number of rotatable bonds is 3. The van der Waals surface area contributed by atoms with Gasteiger partial charge >= 0.3 is 0 Å². The summed E-state index contributed by atoms with van der Waals surface area (Å²) in [5.41, 5.74) is 4.29. The minimum atomic E-state index is -0.0140. The molecule has 0 spiro atoms. The van der Waals surface area contributed by atoms with Crippen LogP contribution in [0.25, 0.3) is 32.6 Å². The molecule has 126 valence electrons. The van der Waals surface area contributed by atoms with Crippen molar-refractivity contribution in [2.75, 3.05) is 6.54 Å². The van der Waals surface area contributed by atoms with Crippen molar-refractivity contribution < 1.29 is 4.79 Å². The molecule has 1 amide bonds. The Hall–Kier alpha value is -2.88. The number of carbonyl (C=O) groups excluding carboxylic acids is 1. The Morgan fingerprint density at radius 2 is 2.00 bits per heavy atom. The zero-order chi connectivity index (χ0) is 17.6. The molecular weight excluding hydrogens is 310 g/mol. The van der Waals surface area contributed by atoms with Crippen LogP contribution in [0.1, 0.15) is 29.3 Å². The van der Waals surface area contributed by atoms with E-state index < -0.39 is 0 Å². The van der Waals surface area contributed by atoms with Gasteiger partial charge < -0.3 is 9.88 Å². The molecule has 0 aliphatic rings. The van der Waals surface area contributed by atoms with Crippen LogP contribution in [0.15, 0.2) is 42.7 Å². The van der Waals surface area contributed by atoms with Crippen LogP contribution in [0.2, 0.25) is 0 Å². The molecule has 2 aromatic carbocycles. The van der Waals surface area contributed by atoms with Gasteiger partial charge in [0.05, 0.1) is 5.52 Å². The fourth-order valence-corrected chi connectivity index (χ4v) is 3.70. The number of benzene rings is 2. The first kappa shape index (κ1) is 15.6. The van der Waals surface area contributed by atoms with Crippen molar-refractivity contribution in [2.45, 2.75) is 20.3 Å². The standard InChI is InChI=1S/C21H21N3O/c1-4-8-23-21(25)14-5-6-19-17(10-14)18-11-15-12-22-9-7-16(15)13(2)20(18)24(19)3/h5-7,9-12H,4,8H2,1-3H3,(H,23,25). The lowest BCUT2D eigenvalue weighted by Gasteiger charge is -2.06. The zero-order valence-corrected chi connectivity index (χ0v) is 14.8. The van der Waals surface area contributed by atoms with Gasteiger partial charge in [-0.1, -0.05) is 6.92 Å². The monoisotopic (exact) mass is 331 g/mol. The van der Waals surface area contributed by atoms with E-state index >= 15 is 0 Å². The van der Waals surface area contributed by atoms with Crippen LogP contribution in [-0.2, 0) is 7.05 Å². The second-order valence-corrected chi connectivity index (χ2v) is 6.54. The van der Waals surface area contributed by atoms with Gasteiger partial charge in [0.15, 0.2) is 0 Å². The second kappa shape index (κ2) is 5.88. The maximum atomic E-state index is 12.3. The maximum absolute atomic E-state index is 12.3. The van der Waals surface area contributed by atoms with E-state index in [1.54, 1.807) is 0 Å². The molecule has 2 heterocycles. The Balaban J connectivity index is 2.01. The molecule has 0 aliphatic heterocycles. The van der Waals surface area contributed by atoms with Gasteiger partial charge in [0.25, 0.3) is 5.91 Å². The highest BCUT2D eigenvalue weighted by Gasteiger charge is 2.15. The highest BCUT2D eigenvalue weighted by Crippen LogP contribution is 2.35. The van der Waals surface area contributed by atoms with E-state index in [9.17, 15) is 4.79 Å². The molecule has 0 saturated heterocycles. The summed E-state index contributed by atoms with van der Waals surface area (Å²) >= 11 is 0. The highest BCUT2D eigenvalue weighted by atomic mass is 16.1. The molecule has 4 nitrogen and oxygen atoms in total. The summed E-state index contributed by atoms with van der Waals surface area (Å²) in [7, 11) is 2.08. The summed E-state index contributed by atoms with van der Waals surface area (Å²) < 4.78 is 2.22. The third kappa shape index (κ3) is 2.37. The van der Waals surface area contributed by atoms with Crippen LogP contribution in [0, 0.1) is 6.92 Å². The van der Waals surface area contributed by atoms with Gasteiger partial charge in [-0.25, -0.2) is 0 Å². The number of fused-ring (bicyclic) bond motifs is 4. The van der Waals surface area contributed by atoms with Gasteiger partial charge in [-0.3, -0.25) is 9.78 Å². The van der Waals surface area contributed by atoms with Gasteiger partial charge in [0, 0.05) is 53.2 Å². The molecule has 25 heavy (non-hydrogen) atoms. The van der Waals surface area contributed by atoms with E-state index in [1.807, 2.05) is 30.6 Å². The van der Waals surface area contributed by atoms with Gasteiger partial charge in [0.2, 0.25) is 0 Å². The number of carbonyl (C=O) groups is 1. The normalized spacial score (nSPS) is 11.5.